The van der Waals surface area contributed by atoms with Crippen molar-refractivity contribution in [2.24, 2.45) is 0 Å². The summed E-state index contributed by atoms with van der Waals surface area (Å²) in [5.41, 5.74) is 2.88. The zero-order valence-corrected chi connectivity index (χ0v) is 7.06. The second-order valence-corrected chi connectivity index (χ2v) is 3.38. The van der Waals surface area contributed by atoms with E-state index in [0.717, 1.165) is 17.9 Å². The second kappa shape index (κ2) is 2.86. The first-order valence-corrected chi connectivity index (χ1v) is 4.33. The number of aryl methyl sites for hydroxylation is 1. The van der Waals surface area contributed by atoms with Crippen LogP contribution in [0.2, 0.25) is 5.02 Å². The Morgan fingerprint density at radius 2 is 2.09 bits per heavy atom. The summed E-state index contributed by atoms with van der Waals surface area (Å²) in [6.45, 7) is 0. The van der Waals surface area contributed by atoms with Gasteiger partial charge in [0.15, 0.2) is 0 Å². The molecule has 0 heterocycles. The van der Waals surface area contributed by atoms with Gasteiger partial charge in [0.2, 0.25) is 0 Å². The van der Waals surface area contributed by atoms with E-state index in [1.54, 1.807) is 0 Å². The Kier molecular flexibility index (Phi) is 1.87. The molecule has 0 nitrogen and oxygen atoms in total. The zero-order chi connectivity index (χ0) is 7.68. The van der Waals surface area contributed by atoms with E-state index in [4.69, 9.17) is 11.6 Å². The molecular formula is C10H10Cl. The molecule has 1 aliphatic rings. The third kappa shape index (κ3) is 1.41. The molecule has 1 aliphatic carbocycles. The Hall–Kier alpha value is -0.490. The van der Waals surface area contributed by atoms with Crippen LogP contribution in [0.4, 0.5) is 0 Å². The fourth-order valence-corrected chi connectivity index (χ4v) is 1.74. The molecule has 1 radical (unpaired) electrons. The van der Waals surface area contributed by atoms with Gasteiger partial charge in [0.05, 0.1) is 0 Å². The van der Waals surface area contributed by atoms with E-state index in [1.807, 2.05) is 6.07 Å². The summed E-state index contributed by atoms with van der Waals surface area (Å²) in [5.74, 6) is 0. The van der Waals surface area contributed by atoms with E-state index >= 15 is 0 Å². The fourth-order valence-electron chi connectivity index (χ4n) is 1.54. The van der Waals surface area contributed by atoms with Gasteiger partial charge < -0.3 is 0 Å². The lowest BCUT2D eigenvalue weighted by Crippen LogP contribution is -2.02. The molecule has 1 aromatic rings. The van der Waals surface area contributed by atoms with Gasteiger partial charge in [0.25, 0.3) is 0 Å². The van der Waals surface area contributed by atoms with Crippen LogP contribution < -0.4 is 0 Å². The third-order valence-corrected chi connectivity index (χ3v) is 2.39. The van der Waals surface area contributed by atoms with Gasteiger partial charge in [-0.3, -0.25) is 0 Å². The van der Waals surface area contributed by atoms with E-state index in [0.29, 0.717) is 0 Å². The highest BCUT2D eigenvalue weighted by molar-refractivity contribution is 6.30. The van der Waals surface area contributed by atoms with Crippen LogP contribution in [-0.2, 0) is 12.8 Å². The molecule has 0 saturated carbocycles. The summed E-state index contributed by atoms with van der Waals surface area (Å²) in [6, 6.07) is 6.19. The summed E-state index contributed by atoms with van der Waals surface area (Å²) < 4.78 is 0. The van der Waals surface area contributed by atoms with Crippen LogP contribution in [0.1, 0.15) is 17.5 Å². The van der Waals surface area contributed by atoms with Gasteiger partial charge in [0, 0.05) is 5.02 Å². The van der Waals surface area contributed by atoms with Crippen molar-refractivity contribution < 1.29 is 0 Å². The molecule has 1 heteroatoms. The number of fused-ring (bicyclic) bond motifs is 1. The summed E-state index contributed by atoms with van der Waals surface area (Å²) in [5, 5.41) is 0.866. The van der Waals surface area contributed by atoms with Crippen LogP contribution in [-0.4, -0.2) is 0 Å². The molecule has 0 fully saturated rings. The first-order chi connectivity index (χ1) is 5.36. The van der Waals surface area contributed by atoms with Gasteiger partial charge in [0.1, 0.15) is 0 Å². The van der Waals surface area contributed by atoms with E-state index in [-0.39, 0.29) is 0 Å². The van der Waals surface area contributed by atoms with Crippen molar-refractivity contribution in [1.29, 1.82) is 0 Å². The van der Waals surface area contributed by atoms with Crippen LogP contribution in [0.3, 0.4) is 0 Å². The van der Waals surface area contributed by atoms with Crippen molar-refractivity contribution in [2.45, 2.75) is 19.3 Å². The Labute approximate surface area is 72.2 Å². The minimum absolute atomic E-state index is 0.866. The van der Waals surface area contributed by atoms with E-state index in [9.17, 15) is 0 Å². The summed E-state index contributed by atoms with van der Waals surface area (Å²) >= 11 is 5.87. The van der Waals surface area contributed by atoms with Crippen molar-refractivity contribution >= 4 is 11.6 Å². The van der Waals surface area contributed by atoms with Gasteiger partial charge in [-0.15, -0.1) is 0 Å². The third-order valence-electron chi connectivity index (χ3n) is 2.15. The average molecular weight is 166 g/mol. The lowest BCUT2D eigenvalue weighted by atomic mass is 9.92. The van der Waals surface area contributed by atoms with Gasteiger partial charge in [-0.25, -0.2) is 0 Å². The topological polar surface area (TPSA) is 0 Å². The minimum Gasteiger partial charge on any atom is -0.0843 e. The molecule has 0 unspecified atom stereocenters. The van der Waals surface area contributed by atoms with Crippen molar-refractivity contribution in [3.05, 3.63) is 40.8 Å². The largest absolute Gasteiger partial charge is 0.0843 e. The predicted octanol–water partition coefficient (Wildman–Crippen LogP) is 3.03. The molecule has 0 spiro atoms. The zero-order valence-electron chi connectivity index (χ0n) is 6.31. The highest BCUT2D eigenvalue weighted by Gasteiger charge is 2.08. The molecular weight excluding hydrogens is 156 g/mol. The number of benzene rings is 1. The predicted molar refractivity (Wildman–Crippen MR) is 47.8 cm³/mol. The highest BCUT2D eigenvalue weighted by atomic mass is 35.5. The number of halogens is 1. The molecule has 57 valence electrons. The van der Waals surface area contributed by atoms with E-state index in [1.165, 1.54) is 17.5 Å². The van der Waals surface area contributed by atoms with Gasteiger partial charge in [-0.05, 0) is 48.9 Å². The molecule has 2 rings (SSSR count). The first-order valence-electron chi connectivity index (χ1n) is 3.95. The minimum atomic E-state index is 0.866. The number of hydrogen-bond acceptors (Lipinski definition) is 0. The highest BCUT2D eigenvalue weighted by Crippen LogP contribution is 2.23. The molecule has 0 amide bonds. The van der Waals surface area contributed by atoms with E-state index in [2.05, 4.69) is 18.6 Å². The molecule has 0 atom stereocenters. The SMILES string of the molecule is Clc1ccc2c(c1)CC[CH]C2. The van der Waals surface area contributed by atoms with E-state index < -0.39 is 0 Å². The van der Waals surface area contributed by atoms with Gasteiger partial charge in [-0.2, -0.15) is 0 Å². The average Bonchev–Trinajstić information content (AvgIpc) is 2.04. The van der Waals surface area contributed by atoms with Gasteiger partial charge >= 0.3 is 0 Å². The molecule has 0 aromatic heterocycles. The summed E-state index contributed by atoms with van der Waals surface area (Å²) in [4.78, 5) is 0. The Morgan fingerprint density at radius 1 is 1.18 bits per heavy atom. The Balaban J connectivity index is 2.43. The fraction of sp³-hybridized carbons (Fsp3) is 0.300. The molecule has 11 heavy (non-hydrogen) atoms. The number of rotatable bonds is 0. The second-order valence-electron chi connectivity index (χ2n) is 2.94. The standard InChI is InChI=1S/C10H10Cl/c11-10-6-5-8-3-1-2-4-9(8)7-10/h1,5-7H,2-4H2. The quantitative estimate of drug-likeness (QED) is 0.555. The van der Waals surface area contributed by atoms with Crippen LogP contribution >= 0.6 is 11.6 Å². The van der Waals surface area contributed by atoms with Crippen molar-refractivity contribution in [3.63, 3.8) is 0 Å². The Morgan fingerprint density at radius 3 is 3.00 bits per heavy atom. The maximum absolute atomic E-state index is 5.87. The summed E-state index contributed by atoms with van der Waals surface area (Å²) in [7, 11) is 0. The van der Waals surface area contributed by atoms with Crippen LogP contribution in [0.25, 0.3) is 0 Å². The van der Waals surface area contributed by atoms with Crippen LogP contribution in [0, 0.1) is 6.42 Å². The maximum atomic E-state index is 5.87. The smallest absolute Gasteiger partial charge is 0.0408 e. The maximum Gasteiger partial charge on any atom is 0.0408 e. The van der Waals surface area contributed by atoms with Crippen molar-refractivity contribution in [3.8, 4) is 0 Å². The lowest BCUT2D eigenvalue weighted by molar-refractivity contribution is 0.829. The summed E-state index contributed by atoms with van der Waals surface area (Å²) in [6.07, 6.45) is 5.81. The molecule has 0 aliphatic heterocycles. The molecule has 0 N–H and O–H groups in total. The van der Waals surface area contributed by atoms with Crippen molar-refractivity contribution in [1.82, 2.24) is 0 Å². The normalized spacial score (nSPS) is 16.1. The first kappa shape index (κ1) is 7.17. The Bertz CT molecular complexity index is 266. The monoisotopic (exact) mass is 165 g/mol. The van der Waals surface area contributed by atoms with Crippen molar-refractivity contribution in [2.75, 3.05) is 0 Å². The molecule has 0 saturated heterocycles. The molecule has 0 bridgehead atoms. The van der Waals surface area contributed by atoms with Crippen LogP contribution in [0.5, 0.6) is 0 Å². The number of hydrogen-bond donors (Lipinski definition) is 0. The van der Waals surface area contributed by atoms with Crippen LogP contribution in [0.15, 0.2) is 18.2 Å². The lowest BCUT2D eigenvalue weighted by Gasteiger charge is -2.14. The molecule has 1 aromatic carbocycles. The van der Waals surface area contributed by atoms with Gasteiger partial charge in [-0.1, -0.05) is 17.7 Å².